The minimum atomic E-state index is -3.98. The quantitative estimate of drug-likeness (QED) is 0.532. The number of benzene rings is 3. The van der Waals surface area contributed by atoms with Gasteiger partial charge in [0, 0.05) is 12.0 Å². The Morgan fingerprint density at radius 3 is 2.32 bits per heavy atom. The van der Waals surface area contributed by atoms with Crippen molar-refractivity contribution in [2.24, 2.45) is 0 Å². The van der Waals surface area contributed by atoms with Crippen molar-refractivity contribution in [3.05, 3.63) is 95.1 Å². The van der Waals surface area contributed by atoms with Gasteiger partial charge in [-0.25, -0.2) is 13.1 Å². The van der Waals surface area contributed by atoms with Crippen LogP contribution in [0.3, 0.4) is 0 Å². The number of carbonyl (C=O) groups is 1. The summed E-state index contributed by atoms with van der Waals surface area (Å²) in [5.41, 5.74) is 3.01. The molecule has 1 aliphatic heterocycles. The third-order valence-corrected chi connectivity index (χ3v) is 7.63. The Kier molecular flexibility index (Phi) is 6.30. The van der Waals surface area contributed by atoms with Crippen LogP contribution in [0.25, 0.3) is 0 Å². The number of ether oxygens (including phenoxy) is 1. The van der Waals surface area contributed by atoms with Gasteiger partial charge in [-0.15, -0.1) is 0 Å². The van der Waals surface area contributed by atoms with Crippen molar-refractivity contribution in [3.63, 3.8) is 0 Å². The van der Waals surface area contributed by atoms with E-state index in [1.54, 1.807) is 30.3 Å². The van der Waals surface area contributed by atoms with Gasteiger partial charge in [-0.3, -0.25) is 4.79 Å². The van der Waals surface area contributed by atoms with Crippen molar-refractivity contribution in [2.75, 3.05) is 0 Å². The number of hydrogen-bond acceptors (Lipinski definition) is 4. The smallest absolute Gasteiger partial charge is 0.265 e. The minimum Gasteiger partial charge on any atom is -0.487 e. The monoisotopic (exact) mass is 477 g/mol. The van der Waals surface area contributed by atoms with E-state index >= 15 is 0 Å². The van der Waals surface area contributed by atoms with Crippen molar-refractivity contribution in [1.82, 2.24) is 4.72 Å². The van der Waals surface area contributed by atoms with Gasteiger partial charge in [0.25, 0.3) is 15.9 Å². The van der Waals surface area contributed by atoms with Gasteiger partial charge in [0.1, 0.15) is 11.4 Å². The summed E-state index contributed by atoms with van der Waals surface area (Å²) in [5.74, 6) is 0.0853. The Bertz CT molecular complexity index is 1290. The fourth-order valence-corrected chi connectivity index (χ4v) is 5.23. The lowest BCUT2D eigenvalue weighted by Gasteiger charge is -2.36. The van der Waals surface area contributed by atoms with E-state index in [0.29, 0.717) is 5.56 Å². The predicted molar refractivity (Wildman–Crippen MR) is 134 cm³/mol. The summed E-state index contributed by atoms with van der Waals surface area (Å²) in [6.07, 6.45) is 2.35. The summed E-state index contributed by atoms with van der Waals surface area (Å²) in [5, 5.41) is 0. The number of rotatable bonds is 5. The van der Waals surface area contributed by atoms with Gasteiger partial charge in [-0.2, -0.15) is 0 Å². The first-order chi connectivity index (χ1) is 16.0. The second-order valence-electron chi connectivity index (χ2n) is 10.2. The molecule has 0 saturated heterocycles. The predicted octanol–water partition coefficient (Wildman–Crippen LogP) is 5.43. The molecule has 1 aliphatic rings. The van der Waals surface area contributed by atoms with Gasteiger partial charge in [0.15, 0.2) is 0 Å². The van der Waals surface area contributed by atoms with E-state index in [2.05, 4.69) is 44.5 Å². The maximum Gasteiger partial charge on any atom is 0.265 e. The SMILES string of the molecule is CC1(Cc2ccccc2)CCc2cc(C(=O)NS(=O)(=O)c3ccc(C(C)(C)C)cc3)ccc2O1. The second kappa shape index (κ2) is 8.91. The van der Waals surface area contributed by atoms with Crippen LogP contribution in [-0.4, -0.2) is 19.9 Å². The molecule has 0 fully saturated rings. The molecule has 178 valence electrons. The molecule has 34 heavy (non-hydrogen) atoms. The molecule has 0 bridgehead atoms. The minimum absolute atomic E-state index is 0.0619. The van der Waals surface area contributed by atoms with Gasteiger partial charge in [-0.05, 0) is 72.2 Å². The molecule has 6 heteroatoms. The van der Waals surface area contributed by atoms with E-state index in [4.69, 9.17) is 4.74 Å². The number of fused-ring (bicyclic) bond motifs is 1. The Balaban J connectivity index is 1.47. The first-order valence-corrected chi connectivity index (χ1v) is 13.0. The largest absolute Gasteiger partial charge is 0.487 e. The van der Waals surface area contributed by atoms with E-state index in [9.17, 15) is 13.2 Å². The third-order valence-electron chi connectivity index (χ3n) is 6.28. The molecular weight excluding hydrogens is 446 g/mol. The highest BCUT2D eigenvalue weighted by molar-refractivity contribution is 7.90. The number of sulfonamides is 1. The molecule has 1 atom stereocenters. The molecule has 1 N–H and O–H groups in total. The van der Waals surface area contributed by atoms with Crippen LogP contribution in [0.5, 0.6) is 5.75 Å². The summed E-state index contributed by atoms with van der Waals surface area (Å²) in [6.45, 7) is 8.27. The summed E-state index contributed by atoms with van der Waals surface area (Å²) >= 11 is 0. The highest BCUT2D eigenvalue weighted by atomic mass is 32.2. The molecule has 3 aromatic rings. The molecule has 0 aliphatic carbocycles. The summed E-state index contributed by atoms with van der Waals surface area (Å²) in [6, 6.07) is 21.9. The maximum atomic E-state index is 12.8. The lowest BCUT2D eigenvalue weighted by molar-refractivity contribution is 0.0654. The lowest BCUT2D eigenvalue weighted by atomic mass is 9.87. The van der Waals surface area contributed by atoms with Crippen LogP contribution in [0.1, 0.15) is 61.2 Å². The van der Waals surface area contributed by atoms with Gasteiger partial charge < -0.3 is 4.74 Å². The number of hydrogen-bond donors (Lipinski definition) is 1. The van der Waals surface area contributed by atoms with Crippen LogP contribution in [0.4, 0.5) is 0 Å². The number of amides is 1. The highest BCUT2D eigenvalue weighted by Gasteiger charge is 2.32. The van der Waals surface area contributed by atoms with Crippen molar-refractivity contribution >= 4 is 15.9 Å². The van der Waals surface area contributed by atoms with Crippen molar-refractivity contribution < 1.29 is 17.9 Å². The van der Waals surface area contributed by atoms with Crippen molar-refractivity contribution in [1.29, 1.82) is 0 Å². The zero-order chi connectivity index (χ0) is 24.6. The Labute approximate surface area is 202 Å². The normalized spacial score (nSPS) is 18.0. The Morgan fingerprint density at radius 2 is 1.68 bits per heavy atom. The van der Waals surface area contributed by atoms with Crippen LogP contribution >= 0.6 is 0 Å². The molecule has 3 aromatic carbocycles. The molecule has 5 nitrogen and oxygen atoms in total. The number of nitrogens with one attached hydrogen (secondary N) is 1. The van der Waals surface area contributed by atoms with Gasteiger partial charge in [-0.1, -0.05) is 63.2 Å². The topological polar surface area (TPSA) is 72.5 Å². The molecule has 0 saturated carbocycles. The molecule has 1 heterocycles. The van der Waals surface area contributed by atoms with Crippen LogP contribution in [0.2, 0.25) is 0 Å². The summed E-state index contributed by atoms with van der Waals surface area (Å²) < 4.78 is 34.0. The zero-order valence-electron chi connectivity index (χ0n) is 20.1. The molecular formula is C28H31NO4S. The molecule has 1 amide bonds. The molecule has 1 unspecified atom stereocenters. The standard InChI is InChI=1S/C28H31NO4S/c1-27(2,3)23-11-13-24(14-12-23)34(31,32)29-26(30)22-10-15-25-21(18-22)16-17-28(4,33-25)19-20-8-6-5-7-9-20/h5-15,18H,16-17,19H2,1-4H3,(H,29,30). The Morgan fingerprint density at radius 1 is 1.00 bits per heavy atom. The van der Waals surface area contributed by atoms with E-state index in [0.717, 1.165) is 36.1 Å². The fraction of sp³-hybridized carbons (Fsp3) is 0.321. The average Bonchev–Trinajstić information content (AvgIpc) is 2.78. The van der Waals surface area contributed by atoms with E-state index in [1.165, 1.54) is 17.7 Å². The number of aryl methyl sites for hydroxylation is 1. The van der Waals surface area contributed by atoms with Crippen molar-refractivity contribution in [3.8, 4) is 5.75 Å². The van der Waals surface area contributed by atoms with Gasteiger partial charge in [0.2, 0.25) is 0 Å². The summed E-state index contributed by atoms with van der Waals surface area (Å²) in [4.78, 5) is 12.8. The zero-order valence-corrected chi connectivity index (χ0v) is 20.9. The highest BCUT2D eigenvalue weighted by Crippen LogP contribution is 2.35. The van der Waals surface area contributed by atoms with E-state index in [-0.39, 0.29) is 15.9 Å². The van der Waals surface area contributed by atoms with Crippen LogP contribution in [-0.2, 0) is 28.3 Å². The summed E-state index contributed by atoms with van der Waals surface area (Å²) in [7, 11) is -3.98. The maximum absolute atomic E-state index is 12.8. The van der Waals surface area contributed by atoms with Gasteiger partial charge in [0.05, 0.1) is 4.90 Å². The first kappa shape index (κ1) is 24.0. The van der Waals surface area contributed by atoms with E-state index < -0.39 is 15.9 Å². The van der Waals surface area contributed by atoms with Crippen LogP contribution in [0.15, 0.2) is 77.7 Å². The Hall–Kier alpha value is -3.12. The molecule has 4 rings (SSSR count). The van der Waals surface area contributed by atoms with Crippen LogP contribution in [0, 0.1) is 0 Å². The van der Waals surface area contributed by atoms with Gasteiger partial charge >= 0.3 is 0 Å². The number of carbonyl (C=O) groups excluding carboxylic acids is 1. The van der Waals surface area contributed by atoms with Crippen LogP contribution < -0.4 is 9.46 Å². The lowest BCUT2D eigenvalue weighted by Crippen LogP contribution is -2.38. The van der Waals surface area contributed by atoms with Crippen molar-refractivity contribution in [2.45, 2.75) is 62.9 Å². The molecule has 0 radical (unpaired) electrons. The molecule has 0 spiro atoms. The average molecular weight is 478 g/mol. The first-order valence-electron chi connectivity index (χ1n) is 11.5. The third kappa shape index (κ3) is 5.33. The fourth-order valence-electron chi connectivity index (χ4n) is 4.26. The second-order valence-corrected chi connectivity index (χ2v) is 11.9. The van der Waals surface area contributed by atoms with E-state index in [1.807, 2.05) is 18.2 Å². The molecule has 0 aromatic heterocycles.